The van der Waals surface area contributed by atoms with Crippen LogP contribution in [0.2, 0.25) is 0 Å². The van der Waals surface area contributed by atoms with Crippen molar-refractivity contribution in [3.63, 3.8) is 0 Å². The number of carbonyl (C=O) groups excluding carboxylic acids is 1. The summed E-state index contributed by atoms with van der Waals surface area (Å²) >= 11 is 0. The highest BCUT2D eigenvalue weighted by Gasteiger charge is 2.35. The van der Waals surface area contributed by atoms with Crippen LogP contribution in [0.25, 0.3) is 0 Å². The van der Waals surface area contributed by atoms with E-state index in [4.69, 9.17) is 4.74 Å². The molecule has 2 rings (SSSR count). The van der Waals surface area contributed by atoms with E-state index in [1.54, 1.807) is 4.90 Å². The summed E-state index contributed by atoms with van der Waals surface area (Å²) < 4.78 is 5.37. The molecule has 0 saturated carbocycles. The van der Waals surface area contributed by atoms with Gasteiger partial charge in [-0.2, -0.15) is 0 Å². The van der Waals surface area contributed by atoms with Crippen LogP contribution >= 0.6 is 0 Å². The smallest absolute Gasteiger partial charge is 0.410 e. The van der Waals surface area contributed by atoms with E-state index >= 15 is 0 Å². The zero-order chi connectivity index (χ0) is 13.3. The lowest BCUT2D eigenvalue weighted by atomic mass is 10.2. The van der Waals surface area contributed by atoms with Crippen molar-refractivity contribution < 1.29 is 14.6 Å². The molecule has 1 amide bonds. The highest BCUT2D eigenvalue weighted by atomic mass is 16.6. The standard InChI is InChI=1S/C13H24N2O3/c1-13(2,3)18-12(17)15-6-4-10(8-15)14-7-5-11(16)9-14/h10-11,16H,4-9H2,1-3H3. The van der Waals surface area contributed by atoms with Gasteiger partial charge in [0.25, 0.3) is 0 Å². The summed E-state index contributed by atoms with van der Waals surface area (Å²) in [6.45, 7) is 8.81. The molecule has 2 unspecified atom stereocenters. The quantitative estimate of drug-likeness (QED) is 0.762. The molecule has 18 heavy (non-hydrogen) atoms. The van der Waals surface area contributed by atoms with E-state index in [0.29, 0.717) is 6.04 Å². The number of nitrogens with zero attached hydrogens (tertiary/aromatic N) is 2. The summed E-state index contributed by atoms with van der Waals surface area (Å²) in [5.74, 6) is 0. The molecule has 2 aliphatic heterocycles. The third-order valence-electron chi connectivity index (χ3n) is 3.53. The predicted molar refractivity (Wildman–Crippen MR) is 68.4 cm³/mol. The number of hydrogen-bond donors (Lipinski definition) is 1. The van der Waals surface area contributed by atoms with Gasteiger partial charge in [-0.15, -0.1) is 0 Å². The second-order valence-electron chi connectivity index (χ2n) is 6.31. The minimum Gasteiger partial charge on any atom is -0.444 e. The van der Waals surface area contributed by atoms with Crippen molar-refractivity contribution in [2.45, 2.75) is 51.4 Å². The van der Waals surface area contributed by atoms with Gasteiger partial charge < -0.3 is 14.7 Å². The Balaban J connectivity index is 1.83. The van der Waals surface area contributed by atoms with Crippen molar-refractivity contribution >= 4 is 6.09 Å². The molecular formula is C13H24N2O3. The summed E-state index contributed by atoms with van der Waals surface area (Å²) in [6.07, 6.45) is 1.42. The Labute approximate surface area is 109 Å². The highest BCUT2D eigenvalue weighted by molar-refractivity contribution is 5.68. The molecule has 1 N–H and O–H groups in total. The van der Waals surface area contributed by atoms with Gasteiger partial charge in [0.1, 0.15) is 5.60 Å². The van der Waals surface area contributed by atoms with Crippen molar-refractivity contribution in [2.75, 3.05) is 26.2 Å². The molecule has 0 aromatic heterocycles. The summed E-state index contributed by atoms with van der Waals surface area (Å²) in [5, 5.41) is 9.54. The average Bonchev–Trinajstić information content (AvgIpc) is 2.82. The van der Waals surface area contributed by atoms with Crippen LogP contribution in [0.4, 0.5) is 4.79 Å². The third-order valence-corrected chi connectivity index (χ3v) is 3.53. The van der Waals surface area contributed by atoms with Gasteiger partial charge >= 0.3 is 6.09 Å². The molecule has 5 nitrogen and oxygen atoms in total. The van der Waals surface area contributed by atoms with Crippen molar-refractivity contribution in [1.82, 2.24) is 9.80 Å². The zero-order valence-electron chi connectivity index (χ0n) is 11.6. The van der Waals surface area contributed by atoms with Gasteiger partial charge in [-0.3, -0.25) is 4.90 Å². The monoisotopic (exact) mass is 256 g/mol. The first-order valence-electron chi connectivity index (χ1n) is 6.75. The summed E-state index contributed by atoms with van der Waals surface area (Å²) in [7, 11) is 0. The number of rotatable bonds is 1. The van der Waals surface area contributed by atoms with Crippen LogP contribution in [0.1, 0.15) is 33.6 Å². The number of likely N-dealkylation sites (tertiary alicyclic amines) is 2. The van der Waals surface area contributed by atoms with Crippen LogP contribution in [0.3, 0.4) is 0 Å². The van der Waals surface area contributed by atoms with E-state index in [1.807, 2.05) is 20.8 Å². The van der Waals surface area contributed by atoms with E-state index in [2.05, 4.69) is 4.90 Å². The molecule has 2 aliphatic rings. The first-order chi connectivity index (χ1) is 8.35. The Kier molecular flexibility index (Phi) is 3.82. The average molecular weight is 256 g/mol. The Morgan fingerprint density at radius 1 is 1.22 bits per heavy atom. The lowest BCUT2D eigenvalue weighted by molar-refractivity contribution is 0.0281. The van der Waals surface area contributed by atoms with Crippen molar-refractivity contribution in [2.24, 2.45) is 0 Å². The van der Waals surface area contributed by atoms with E-state index in [9.17, 15) is 9.90 Å². The van der Waals surface area contributed by atoms with E-state index < -0.39 is 5.60 Å². The number of hydrogen-bond acceptors (Lipinski definition) is 4. The number of β-amino-alcohol motifs (C(OH)–C–C–N with tert-alkyl or cyclic N) is 1. The molecule has 0 bridgehead atoms. The molecule has 2 heterocycles. The first kappa shape index (κ1) is 13.6. The molecular weight excluding hydrogens is 232 g/mol. The largest absolute Gasteiger partial charge is 0.444 e. The van der Waals surface area contributed by atoms with Gasteiger partial charge in [-0.1, -0.05) is 0 Å². The molecule has 2 saturated heterocycles. The predicted octanol–water partition coefficient (Wildman–Crippen LogP) is 1.06. The first-order valence-corrected chi connectivity index (χ1v) is 6.75. The molecule has 0 aromatic carbocycles. The minimum atomic E-state index is -0.432. The van der Waals surface area contributed by atoms with Crippen LogP contribution in [0.15, 0.2) is 0 Å². The molecule has 0 spiro atoms. The number of ether oxygens (including phenoxy) is 1. The van der Waals surface area contributed by atoms with Crippen LogP contribution in [-0.4, -0.2) is 64.9 Å². The van der Waals surface area contributed by atoms with E-state index in [0.717, 1.165) is 39.0 Å². The fraction of sp³-hybridized carbons (Fsp3) is 0.923. The van der Waals surface area contributed by atoms with Crippen LogP contribution in [0, 0.1) is 0 Å². The molecule has 0 radical (unpaired) electrons. The van der Waals surface area contributed by atoms with Gasteiger partial charge in [0.05, 0.1) is 6.10 Å². The second-order valence-corrected chi connectivity index (χ2v) is 6.31. The van der Waals surface area contributed by atoms with Crippen LogP contribution < -0.4 is 0 Å². The Morgan fingerprint density at radius 2 is 1.94 bits per heavy atom. The normalized spacial score (nSPS) is 29.9. The van der Waals surface area contributed by atoms with Crippen molar-refractivity contribution in [1.29, 1.82) is 0 Å². The Hall–Kier alpha value is -0.810. The van der Waals surface area contributed by atoms with Crippen LogP contribution in [-0.2, 0) is 4.74 Å². The fourth-order valence-corrected chi connectivity index (χ4v) is 2.63. The number of aliphatic hydroxyl groups is 1. The lowest BCUT2D eigenvalue weighted by Gasteiger charge is -2.26. The summed E-state index contributed by atoms with van der Waals surface area (Å²) in [6, 6.07) is 0.384. The number of amides is 1. The lowest BCUT2D eigenvalue weighted by Crippen LogP contribution is -2.39. The van der Waals surface area contributed by atoms with E-state index in [1.165, 1.54) is 0 Å². The molecule has 2 atom stereocenters. The Morgan fingerprint density at radius 3 is 2.50 bits per heavy atom. The maximum absolute atomic E-state index is 11.9. The molecule has 2 fully saturated rings. The summed E-state index contributed by atoms with van der Waals surface area (Å²) in [4.78, 5) is 16.0. The maximum Gasteiger partial charge on any atom is 0.410 e. The van der Waals surface area contributed by atoms with Gasteiger partial charge in [-0.25, -0.2) is 4.79 Å². The van der Waals surface area contributed by atoms with E-state index in [-0.39, 0.29) is 12.2 Å². The van der Waals surface area contributed by atoms with Crippen LogP contribution in [0.5, 0.6) is 0 Å². The second kappa shape index (κ2) is 5.05. The minimum absolute atomic E-state index is 0.194. The van der Waals surface area contributed by atoms with Gasteiger partial charge in [0, 0.05) is 32.2 Å². The van der Waals surface area contributed by atoms with Crippen molar-refractivity contribution in [3.8, 4) is 0 Å². The topological polar surface area (TPSA) is 53.0 Å². The molecule has 104 valence electrons. The van der Waals surface area contributed by atoms with Gasteiger partial charge in [0.2, 0.25) is 0 Å². The highest BCUT2D eigenvalue weighted by Crippen LogP contribution is 2.22. The SMILES string of the molecule is CC(C)(C)OC(=O)N1CCC(N2CCC(O)C2)C1. The number of carbonyl (C=O) groups is 1. The van der Waals surface area contributed by atoms with Gasteiger partial charge in [-0.05, 0) is 33.6 Å². The zero-order valence-corrected chi connectivity index (χ0v) is 11.6. The third kappa shape index (κ3) is 3.36. The fourth-order valence-electron chi connectivity index (χ4n) is 2.63. The molecule has 0 aliphatic carbocycles. The molecule has 0 aromatic rings. The number of aliphatic hydroxyl groups excluding tert-OH is 1. The maximum atomic E-state index is 11.9. The van der Waals surface area contributed by atoms with Crippen molar-refractivity contribution in [3.05, 3.63) is 0 Å². The summed E-state index contributed by atoms with van der Waals surface area (Å²) in [5.41, 5.74) is -0.432. The van der Waals surface area contributed by atoms with Gasteiger partial charge in [0.15, 0.2) is 0 Å². The molecule has 5 heteroatoms. The Bertz CT molecular complexity index is 314.